The minimum atomic E-state index is -3.76. The van der Waals surface area contributed by atoms with Crippen LogP contribution >= 0.6 is 0 Å². The van der Waals surface area contributed by atoms with E-state index in [-0.39, 0.29) is 10.6 Å². The van der Waals surface area contributed by atoms with E-state index in [1.165, 1.54) is 18.9 Å². The van der Waals surface area contributed by atoms with Crippen LogP contribution in [-0.4, -0.2) is 45.5 Å². The summed E-state index contributed by atoms with van der Waals surface area (Å²) in [7, 11) is -1.56. The molecule has 2 bridgehead atoms. The lowest BCUT2D eigenvalue weighted by atomic mass is 10.1. The summed E-state index contributed by atoms with van der Waals surface area (Å²) in [5.41, 5.74) is 7.05. The topological polar surface area (TPSA) is 92.7 Å². The standard InChI is InChI=1S/C14H22N4O2S/c1-17-10-2-3-12(17)9-18(7-6-10)11-4-5-14(13(15)8-11)21(16,19)20/h4-5,8,10,12H,2-3,6-7,9,15H2,1H3,(H2,16,19,20). The highest BCUT2D eigenvalue weighted by Crippen LogP contribution is 2.32. The normalized spacial score (nSPS) is 26.9. The zero-order valence-electron chi connectivity index (χ0n) is 12.2. The van der Waals surface area contributed by atoms with Crippen LogP contribution in [0, 0.1) is 0 Å². The molecular formula is C14H22N4O2S. The summed E-state index contributed by atoms with van der Waals surface area (Å²) >= 11 is 0. The maximum Gasteiger partial charge on any atom is 0.240 e. The van der Waals surface area contributed by atoms with E-state index in [0.29, 0.717) is 12.1 Å². The first-order chi connectivity index (χ1) is 9.86. The second-order valence-electron chi connectivity index (χ2n) is 6.05. The summed E-state index contributed by atoms with van der Waals surface area (Å²) in [6.07, 6.45) is 3.63. The zero-order chi connectivity index (χ0) is 15.2. The van der Waals surface area contributed by atoms with E-state index in [1.807, 2.05) is 0 Å². The first-order valence-corrected chi connectivity index (χ1v) is 8.80. The molecule has 1 aromatic carbocycles. The second-order valence-corrected chi connectivity index (χ2v) is 7.58. The number of rotatable bonds is 2. The van der Waals surface area contributed by atoms with Gasteiger partial charge in [0.2, 0.25) is 10.0 Å². The number of benzene rings is 1. The van der Waals surface area contributed by atoms with Gasteiger partial charge in [-0.05, 0) is 44.5 Å². The fourth-order valence-electron chi connectivity index (χ4n) is 3.53. The number of nitrogens with two attached hydrogens (primary N) is 2. The van der Waals surface area contributed by atoms with Crippen molar-refractivity contribution in [1.29, 1.82) is 0 Å². The molecule has 0 saturated carbocycles. The molecule has 2 heterocycles. The van der Waals surface area contributed by atoms with Crippen molar-refractivity contribution in [3.05, 3.63) is 18.2 Å². The Morgan fingerprint density at radius 1 is 1.19 bits per heavy atom. The first kappa shape index (κ1) is 14.6. The number of nitrogens with zero attached hydrogens (tertiary/aromatic N) is 2. The van der Waals surface area contributed by atoms with Crippen LogP contribution in [0.4, 0.5) is 11.4 Å². The number of hydrogen-bond donors (Lipinski definition) is 2. The Kier molecular flexibility index (Phi) is 3.59. The van der Waals surface area contributed by atoms with Crippen LogP contribution in [0.15, 0.2) is 23.1 Å². The molecule has 2 aliphatic rings. The molecule has 0 radical (unpaired) electrons. The Morgan fingerprint density at radius 3 is 2.57 bits per heavy atom. The highest BCUT2D eigenvalue weighted by atomic mass is 32.2. The van der Waals surface area contributed by atoms with Gasteiger partial charge in [0, 0.05) is 30.9 Å². The van der Waals surface area contributed by atoms with Crippen molar-refractivity contribution < 1.29 is 8.42 Å². The van der Waals surface area contributed by atoms with Crippen molar-refractivity contribution in [2.75, 3.05) is 30.8 Å². The van der Waals surface area contributed by atoms with Gasteiger partial charge in [0.1, 0.15) is 4.90 Å². The third-order valence-electron chi connectivity index (χ3n) is 4.81. The Bertz CT molecular complexity index is 646. The second kappa shape index (κ2) is 5.15. The molecule has 4 N–H and O–H groups in total. The maximum absolute atomic E-state index is 11.4. The number of likely N-dealkylation sites (N-methyl/N-ethyl adjacent to an activating group) is 1. The molecule has 2 atom stereocenters. The van der Waals surface area contributed by atoms with Crippen molar-refractivity contribution >= 4 is 21.4 Å². The van der Waals surface area contributed by atoms with Gasteiger partial charge < -0.3 is 10.6 Å². The summed E-state index contributed by atoms with van der Waals surface area (Å²) in [5.74, 6) is 0. The summed E-state index contributed by atoms with van der Waals surface area (Å²) in [4.78, 5) is 4.77. The summed E-state index contributed by atoms with van der Waals surface area (Å²) in [5, 5.41) is 5.15. The van der Waals surface area contributed by atoms with Crippen molar-refractivity contribution in [3.8, 4) is 0 Å². The largest absolute Gasteiger partial charge is 0.398 e. The van der Waals surface area contributed by atoms with Crippen LogP contribution in [0.25, 0.3) is 0 Å². The Morgan fingerprint density at radius 2 is 1.90 bits per heavy atom. The van der Waals surface area contributed by atoms with Crippen LogP contribution < -0.4 is 15.8 Å². The van der Waals surface area contributed by atoms with Gasteiger partial charge in [-0.1, -0.05) is 0 Å². The van der Waals surface area contributed by atoms with Gasteiger partial charge in [-0.25, -0.2) is 13.6 Å². The van der Waals surface area contributed by atoms with E-state index in [0.717, 1.165) is 25.2 Å². The molecule has 6 nitrogen and oxygen atoms in total. The molecule has 2 unspecified atom stereocenters. The number of fused-ring (bicyclic) bond motifs is 2. The SMILES string of the molecule is CN1C2CCC1CN(c1ccc(S(N)(=O)=O)c(N)c1)CC2. The average Bonchev–Trinajstić information content (AvgIpc) is 2.61. The van der Waals surface area contributed by atoms with Crippen LogP contribution in [0.1, 0.15) is 19.3 Å². The Hall–Kier alpha value is -1.31. The average molecular weight is 310 g/mol. The molecule has 2 saturated heterocycles. The van der Waals surface area contributed by atoms with E-state index in [2.05, 4.69) is 16.8 Å². The smallest absolute Gasteiger partial charge is 0.240 e. The molecule has 1 aromatic rings. The monoisotopic (exact) mass is 310 g/mol. The van der Waals surface area contributed by atoms with E-state index in [1.54, 1.807) is 12.1 Å². The fourth-order valence-corrected chi connectivity index (χ4v) is 4.18. The zero-order valence-corrected chi connectivity index (χ0v) is 13.0. The highest BCUT2D eigenvalue weighted by molar-refractivity contribution is 7.89. The van der Waals surface area contributed by atoms with Gasteiger partial charge in [0.05, 0.1) is 5.69 Å². The minimum absolute atomic E-state index is 0.000268. The quantitative estimate of drug-likeness (QED) is 0.780. The number of hydrogen-bond acceptors (Lipinski definition) is 5. The molecule has 3 rings (SSSR count). The fraction of sp³-hybridized carbons (Fsp3) is 0.571. The number of primary sulfonamides is 1. The van der Waals surface area contributed by atoms with E-state index >= 15 is 0 Å². The maximum atomic E-state index is 11.4. The lowest BCUT2D eigenvalue weighted by molar-refractivity contribution is 0.254. The van der Waals surface area contributed by atoms with E-state index in [9.17, 15) is 8.42 Å². The van der Waals surface area contributed by atoms with Crippen molar-refractivity contribution in [2.24, 2.45) is 5.14 Å². The van der Waals surface area contributed by atoms with E-state index in [4.69, 9.17) is 10.9 Å². The molecule has 2 aliphatic heterocycles. The number of sulfonamides is 1. The molecule has 0 aliphatic carbocycles. The van der Waals surface area contributed by atoms with Crippen molar-refractivity contribution in [1.82, 2.24) is 4.90 Å². The molecular weight excluding hydrogens is 288 g/mol. The molecule has 0 amide bonds. The predicted molar refractivity (Wildman–Crippen MR) is 83.6 cm³/mol. The lowest BCUT2D eigenvalue weighted by Crippen LogP contribution is -2.36. The minimum Gasteiger partial charge on any atom is -0.398 e. The first-order valence-electron chi connectivity index (χ1n) is 7.25. The molecule has 116 valence electrons. The molecule has 0 spiro atoms. The molecule has 7 heteroatoms. The number of anilines is 2. The number of nitrogen functional groups attached to an aromatic ring is 1. The highest BCUT2D eigenvalue weighted by Gasteiger charge is 2.34. The predicted octanol–water partition coefficient (Wildman–Crippen LogP) is 0.589. The van der Waals surface area contributed by atoms with Gasteiger partial charge in [-0.2, -0.15) is 0 Å². The Balaban J connectivity index is 1.86. The molecule has 21 heavy (non-hydrogen) atoms. The molecule has 2 fully saturated rings. The van der Waals surface area contributed by atoms with Gasteiger partial charge in [-0.3, -0.25) is 4.90 Å². The van der Waals surface area contributed by atoms with Crippen LogP contribution in [0.3, 0.4) is 0 Å². The summed E-state index contributed by atoms with van der Waals surface area (Å²) in [6, 6.07) is 6.26. The lowest BCUT2D eigenvalue weighted by Gasteiger charge is -2.28. The summed E-state index contributed by atoms with van der Waals surface area (Å²) < 4.78 is 22.8. The van der Waals surface area contributed by atoms with Gasteiger partial charge in [0.15, 0.2) is 0 Å². The third-order valence-corrected chi connectivity index (χ3v) is 5.80. The third kappa shape index (κ3) is 2.73. The van der Waals surface area contributed by atoms with Crippen molar-refractivity contribution in [3.63, 3.8) is 0 Å². The van der Waals surface area contributed by atoms with Gasteiger partial charge >= 0.3 is 0 Å². The van der Waals surface area contributed by atoms with Crippen LogP contribution in [0.2, 0.25) is 0 Å². The van der Waals surface area contributed by atoms with Gasteiger partial charge in [0.25, 0.3) is 0 Å². The van der Waals surface area contributed by atoms with Crippen LogP contribution in [-0.2, 0) is 10.0 Å². The summed E-state index contributed by atoms with van der Waals surface area (Å²) in [6.45, 7) is 1.93. The van der Waals surface area contributed by atoms with Crippen molar-refractivity contribution in [2.45, 2.75) is 36.2 Å². The van der Waals surface area contributed by atoms with E-state index < -0.39 is 10.0 Å². The van der Waals surface area contributed by atoms with Gasteiger partial charge in [-0.15, -0.1) is 0 Å². The Labute approximate surface area is 125 Å². The molecule has 0 aromatic heterocycles. The van der Waals surface area contributed by atoms with Crippen LogP contribution in [0.5, 0.6) is 0 Å².